The number of amides is 1. The van der Waals surface area contributed by atoms with Crippen LogP contribution in [0.25, 0.3) is 0 Å². The molecular formula is C14H12Cl3N3O. The van der Waals surface area contributed by atoms with Crippen LogP contribution in [0.4, 0.5) is 11.5 Å². The van der Waals surface area contributed by atoms with Gasteiger partial charge in [-0.05, 0) is 24.3 Å². The number of anilines is 2. The quantitative estimate of drug-likeness (QED) is 0.841. The predicted octanol–water partition coefficient (Wildman–Crippen LogP) is 4.36. The van der Waals surface area contributed by atoms with Crippen LogP contribution < -0.4 is 10.2 Å². The SMILES string of the molecule is CN(C)c1cc(C(=O)Nc2c(Cl)cccc2Cl)cc(Cl)n1. The number of rotatable bonds is 3. The molecule has 1 aromatic heterocycles. The minimum atomic E-state index is -0.364. The Morgan fingerprint density at radius 2 is 1.76 bits per heavy atom. The van der Waals surface area contributed by atoms with Crippen LogP contribution >= 0.6 is 34.8 Å². The molecule has 110 valence electrons. The van der Waals surface area contributed by atoms with E-state index in [0.29, 0.717) is 27.1 Å². The summed E-state index contributed by atoms with van der Waals surface area (Å²) in [6.45, 7) is 0. The second-order valence-electron chi connectivity index (χ2n) is 4.48. The second-order valence-corrected chi connectivity index (χ2v) is 5.68. The molecule has 0 saturated carbocycles. The van der Waals surface area contributed by atoms with Crippen LogP contribution in [0.5, 0.6) is 0 Å². The summed E-state index contributed by atoms with van der Waals surface area (Å²) < 4.78 is 0. The van der Waals surface area contributed by atoms with E-state index < -0.39 is 0 Å². The Morgan fingerprint density at radius 3 is 2.33 bits per heavy atom. The highest BCUT2D eigenvalue weighted by atomic mass is 35.5. The van der Waals surface area contributed by atoms with E-state index >= 15 is 0 Å². The van der Waals surface area contributed by atoms with Crippen molar-refractivity contribution in [2.24, 2.45) is 0 Å². The van der Waals surface area contributed by atoms with E-state index in [0.717, 1.165) is 0 Å². The molecule has 0 radical (unpaired) electrons. The van der Waals surface area contributed by atoms with Crippen LogP contribution in [0.15, 0.2) is 30.3 Å². The van der Waals surface area contributed by atoms with Gasteiger partial charge in [-0.25, -0.2) is 4.98 Å². The van der Waals surface area contributed by atoms with Gasteiger partial charge in [0.15, 0.2) is 0 Å². The number of benzene rings is 1. The zero-order chi connectivity index (χ0) is 15.6. The normalized spacial score (nSPS) is 10.3. The summed E-state index contributed by atoms with van der Waals surface area (Å²) in [5.74, 6) is 0.218. The third-order valence-corrected chi connectivity index (χ3v) is 3.53. The average molecular weight is 345 g/mol. The molecule has 1 amide bonds. The third-order valence-electron chi connectivity index (χ3n) is 2.70. The van der Waals surface area contributed by atoms with E-state index in [1.165, 1.54) is 6.07 Å². The first-order chi connectivity index (χ1) is 9.88. The van der Waals surface area contributed by atoms with Crippen LogP contribution in [-0.2, 0) is 0 Å². The van der Waals surface area contributed by atoms with E-state index in [1.54, 1.807) is 29.2 Å². The maximum atomic E-state index is 12.3. The smallest absolute Gasteiger partial charge is 0.255 e. The fourth-order valence-electron chi connectivity index (χ4n) is 1.65. The number of nitrogens with one attached hydrogen (secondary N) is 1. The highest BCUT2D eigenvalue weighted by Crippen LogP contribution is 2.30. The van der Waals surface area contributed by atoms with Crippen LogP contribution in [0.1, 0.15) is 10.4 Å². The first-order valence-electron chi connectivity index (χ1n) is 5.99. The van der Waals surface area contributed by atoms with Gasteiger partial charge in [0.2, 0.25) is 0 Å². The van der Waals surface area contributed by atoms with Crippen molar-refractivity contribution in [3.8, 4) is 0 Å². The Morgan fingerprint density at radius 1 is 1.14 bits per heavy atom. The van der Waals surface area contributed by atoms with E-state index in [1.807, 2.05) is 14.1 Å². The summed E-state index contributed by atoms with van der Waals surface area (Å²) in [5.41, 5.74) is 0.736. The molecule has 0 saturated heterocycles. The van der Waals surface area contributed by atoms with Crippen molar-refractivity contribution in [3.63, 3.8) is 0 Å². The van der Waals surface area contributed by atoms with Gasteiger partial charge >= 0.3 is 0 Å². The molecule has 7 heteroatoms. The minimum absolute atomic E-state index is 0.233. The summed E-state index contributed by atoms with van der Waals surface area (Å²) in [5, 5.41) is 3.64. The van der Waals surface area contributed by atoms with Crippen molar-refractivity contribution in [1.29, 1.82) is 0 Å². The molecule has 1 heterocycles. The van der Waals surface area contributed by atoms with Crippen LogP contribution in [-0.4, -0.2) is 25.0 Å². The van der Waals surface area contributed by atoms with E-state index in [2.05, 4.69) is 10.3 Å². The first-order valence-corrected chi connectivity index (χ1v) is 7.12. The number of carbonyl (C=O) groups is 1. The largest absolute Gasteiger partial charge is 0.363 e. The molecule has 0 aliphatic carbocycles. The van der Waals surface area contributed by atoms with E-state index in [-0.39, 0.29) is 11.1 Å². The van der Waals surface area contributed by atoms with Gasteiger partial charge in [-0.15, -0.1) is 0 Å². The second kappa shape index (κ2) is 6.52. The molecular weight excluding hydrogens is 333 g/mol. The molecule has 0 bridgehead atoms. The number of hydrogen-bond acceptors (Lipinski definition) is 3. The maximum Gasteiger partial charge on any atom is 0.255 e. The van der Waals surface area contributed by atoms with Crippen molar-refractivity contribution in [1.82, 2.24) is 4.98 Å². The van der Waals surface area contributed by atoms with Crippen LogP contribution in [0.3, 0.4) is 0 Å². The molecule has 1 N–H and O–H groups in total. The monoisotopic (exact) mass is 343 g/mol. The van der Waals surface area contributed by atoms with Gasteiger partial charge in [-0.2, -0.15) is 0 Å². The van der Waals surface area contributed by atoms with Crippen molar-refractivity contribution < 1.29 is 4.79 Å². The summed E-state index contributed by atoms with van der Waals surface area (Å²) >= 11 is 18.0. The molecule has 0 unspecified atom stereocenters. The van der Waals surface area contributed by atoms with Gasteiger partial charge in [-0.3, -0.25) is 4.79 Å². The van der Waals surface area contributed by atoms with Gasteiger partial charge in [-0.1, -0.05) is 40.9 Å². The number of carbonyl (C=O) groups excluding carboxylic acids is 1. The van der Waals surface area contributed by atoms with Crippen LogP contribution in [0.2, 0.25) is 15.2 Å². The van der Waals surface area contributed by atoms with Gasteiger partial charge in [0.25, 0.3) is 5.91 Å². The molecule has 0 aliphatic heterocycles. The van der Waals surface area contributed by atoms with Gasteiger partial charge in [0.05, 0.1) is 15.7 Å². The lowest BCUT2D eigenvalue weighted by molar-refractivity contribution is 0.102. The summed E-state index contributed by atoms with van der Waals surface area (Å²) in [7, 11) is 3.62. The number of nitrogens with zero attached hydrogens (tertiary/aromatic N) is 2. The molecule has 4 nitrogen and oxygen atoms in total. The lowest BCUT2D eigenvalue weighted by atomic mass is 10.2. The topological polar surface area (TPSA) is 45.2 Å². The third kappa shape index (κ3) is 3.79. The number of pyridine rings is 1. The Balaban J connectivity index is 2.33. The summed E-state index contributed by atoms with van der Waals surface area (Å²) in [4.78, 5) is 18.2. The molecule has 21 heavy (non-hydrogen) atoms. The van der Waals surface area contributed by atoms with Crippen molar-refractivity contribution >= 4 is 52.2 Å². The summed E-state index contributed by atoms with van der Waals surface area (Å²) in [6.07, 6.45) is 0. The molecule has 0 spiro atoms. The number of halogens is 3. The molecule has 2 rings (SSSR count). The average Bonchev–Trinajstić information content (AvgIpc) is 2.42. The van der Waals surface area contributed by atoms with Gasteiger partial charge in [0.1, 0.15) is 11.0 Å². The Bertz CT molecular complexity index is 669. The Kier molecular flexibility index (Phi) is 4.93. The van der Waals surface area contributed by atoms with Crippen molar-refractivity contribution in [2.45, 2.75) is 0 Å². The van der Waals surface area contributed by atoms with Gasteiger partial charge < -0.3 is 10.2 Å². The highest BCUT2D eigenvalue weighted by Gasteiger charge is 2.14. The maximum absolute atomic E-state index is 12.3. The van der Waals surface area contributed by atoms with Crippen molar-refractivity contribution in [2.75, 3.05) is 24.3 Å². The fraction of sp³-hybridized carbons (Fsp3) is 0.143. The summed E-state index contributed by atoms with van der Waals surface area (Å²) in [6, 6.07) is 8.11. The lowest BCUT2D eigenvalue weighted by Gasteiger charge is -2.14. The molecule has 2 aromatic rings. The Labute approximate surface area is 137 Å². The van der Waals surface area contributed by atoms with E-state index in [4.69, 9.17) is 34.8 Å². The molecule has 0 aliphatic rings. The van der Waals surface area contributed by atoms with Crippen molar-refractivity contribution in [3.05, 3.63) is 51.1 Å². The first kappa shape index (κ1) is 15.9. The van der Waals surface area contributed by atoms with Crippen LogP contribution in [0, 0.1) is 0 Å². The zero-order valence-electron chi connectivity index (χ0n) is 11.3. The standard InChI is InChI=1S/C14H12Cl3N3O/c1-20(2)12-7-8(6-11(17)18-12)14(21)19-13-9(15)4-3-5-10(13)16/h3-7H,1-2H3,(H,19,21). The minimum Gasteiger partial charge on any atom is -0.363 e. The molecule has 0 fully saturated rings. The fourth-order valence-corrected chi connectivity index (χ4v) is 2.34. The van der Waals surface area contributed by atoms with E-state index in [9.17, 15) is 4.79 Å². The predicted molar refractivity (Wildman–Crippen MR) is 88.0 cm³/mol. The number of hydrogen-bond donors (Lipinski definition) is 1. The Hall–Kier alpha value is -1.49. The zero-order valence-corrected chi connectivity index (χ0v) is 13.6. The number of para-hydroxylation sites is 1. The number of aromatic nitrogens is 1. The molecule has 1 aromatic carbocycles. The lowest BCUT2D eigenvalue weighted by Crippen LogP contribution is -2.16. The molecule has 0 atom stereocenters. The van der Waals surface area contributed by atoms with Gasteiger partial charge in [0, 0.05) is 19.7 Å². The highest BCUT2D eigenvalue weighted by molar-refractivity contribution is 6.40.